The zero-order valence-electron chi connectivity index (χ0n) is 12.0. The third-order valence-corrected chi connectivity index (χ3v) is 5.53. The number of aromatic nitrogens is 1. The number of rotatable bonds is 6. The second-order valence-corrected chi connectivity index (χ2v) is 7.30. The Morgan fingerprint density at radius 3 is 2.48 bits per heavy atom. The highest BCUT2D eigenvalue weighted by atomic mass is 32.2. The van der Waals surface area contributed by atoms with E-state index in [1.165, 1.54) is 0 Å². The first-order valence-electron chi connectivity index (χ1n) is 6.84. The number of thiazole rings is 1. The van der Waals surface area contributed by atoms with E-state index in [2.05, 4.69) is 27.2 Å². The van der Waals surface area contributed by atoms with Gasteiger partial charge in [0.2, 0.25) is 10.9 Å². The van der Waals surface area contributed by atoms with Gasteiger partial charge in [-0.2, -0.15) is 0 Å². The van der Waals surface area contributed by atoms with E-state index in [9.17, 15) is 8.42 Å². The SMILES string of the molecule is O=[SH](=O)Nc1ccc(CSc2csc(-c3ccccc3)n2)cc1. The molecular formula is C16H14N2O2S3. The van der Waals surface area contributed by atoms with E-state index in [-0.39, 0.29) is 0 Å². The van der Waals surface area contributed by atoms with Gasteiger partial charge in [-0.3, -0.25) is 4.72 Å². The van der Waals surface area contributed by atoms with E-state index >= 15 is 0 Å². The van der Waals surface area contributed by atoms with Gasteiger partial charge >= 0.3 is 0 Å². The normalized spacial score (nSPS) is 10.8. The van der Waals surface area contributed by atoms with Crippen molar-refractivity contribution >= 4 is 39.7 Å². The second-order valence-electron chi connectivity index (χ2n) is 4.71. The number of thioether (sulfide) groups is 1. The topological polar surface area (TPSA) is 59.1 Å². The lowest BCUT2D eigenvalue weighted by Crippen LogP contribution is -1.94. The van der Waals surface area contributed by atoms with Gasteiger partial charge in [0.05, 0.1) is 0 Å². The van der Waals surface area contributed by atoms with Crippen molar-refractivity contribution in [2.24, 2.45) is 0 Å². The maximum atomic E-state index is 10.6. The molecule has 2 aromatic carbocycles. The van der Waals surface area contributed by atoms with Gasteiger partial charge in [-0.15, -0.1) is 23.1 Å². The van der Waals surface area contributed by atoms with Crippen molar-refractivity contribution in [1.82, 2.24) is 4.98 Å². The minimum atomic E-state index is -2.61. The maximum absolute atomic E-state index is 10.6. The zero-order valence-corrected chi connectivity index (χ0v) is 14.5. The van der Waals surface area contributed by atoms with Crippen molar-refractivity contribution < 1.29 is 8.42 Å². The highest BCUT2D eigenvalue weighted by Crippen LogP contribution is 2.30. The van der Waals surface area contributed by atoms with Crippen molar-refractivity contribution in [3.8, 4) is 10.6 Å². The Kier molecular flexibility index (Phi) is 5.32. The minimum absolute atomic E-state index is 0.579. The average molecular weight is 363 g/mol. The standard InChI is InChI=1S/C16H14N2O2S3/c19-23(20)18-14-8-6-12(7-9-14)10-21-15-11-22-16(17-15)13-4-2-1-3-5-13/h1-9,11,23H,10H2,(H,18,19,20). The molecule has 0 aliphatic rings. The molecule has 1 aromatic heterocycles. The van der Waals surface area contributed by atoms with Crippen LogP contribution in [-0.4, -0.2) is 13.4 Å². The molecule has 0 aliphatic carbocycles. The van der Waals surface area contributed by atoms with E-state index in [1.54, 1.807) is 35.2 Å². The van der Waals surface area contributed by atoms with Crippen LogP contribution in [0.3, 0.4) is 0 Å². The van der Waals surface area contributed by atoms with Crippen LogP contribution in [0.1, 0.15) is 5.56 Å². The molecule has 3 rings (SSSR count). The maximum Gasteiger partial charge on any atom is 0.222 e. The van der Waals surface area contributed by atoms with Gasteiger partial charge in [-0.25, -0.2) is 13.4 Å². The number of nitrogens with zero attached hydrogens (tertiary/aromatic N) is 1. The quantitative estimate of drug-likeness (QED) is 0.513. The Hall–Kier alpha value is -1.83. The van der Waals surface area contributed by atoms with Gasteiger partial charge in [0.1, 0.15) is 10.0 Å². The fourth-order valence-corrected chi connectivity index (χ4v) is 4.16. The smallest absolute Gasteiger partial charge is 0.222 e. The van der Waals surface area contributed by atoms with E-state index in [0.717, 1.165) is 26.9 Å². The Morgan fingerprint density at radius 2 is 1.78 bits per heavy atom. The van der Waals surface area contributed by atoms with Crippen LogP contribution in [0.25, 0.3) is 10.6 Å². The fraction of sp³-hybridized carbons (Fsp3) is 0.0625. The van der Waals surface area contributed by atoms with Crippen molar-refractivity contribution in [3.05, 3.63) is 65.5 Å². The molecule has 7 heteroatoms. The summed E-state index contributed by atoms with van der Waals surface area (Å²) in [4.78, 5) is 4.64. The molecule has 118 valence electrons. The highest BCUT2D eigenvalue weighted by molar-refractivity contribution is 7.98. The summed E-state index contributed by atoms with van der Waals surface area (Å²) in [5.41, 5.74) is 2.83. The number of hydrogen-bond donors (Lipinski definition) is 2. The summed E-state index contributed by atoms with van der Waals surface area (Å²) in [7, 11) is -2.61. The van der Waals surface area contributed by atoms with Crippen LogP contribution in [0.4, 0.5) is 5.69 Å². The number of anilines is 1. The Bertz CT molecular complexity index is 835. The number of hydrogen-bond acceptors (Lipinski definition) is 5. The first-order valence-corrected chi connectivity index (χ1v) is 9.89. The molecule has 0 bridgehead atoms. The molecule has 0 unspecified atom stereocenters. The Labute approximate surface area is 144 Å². The minimum Gasteiger partial charge on any atom is -0.286 e. The molecule has 0 fully saturated rings. The van der Waals surface area contributed by atoms with Gasteiger partial charge in [0.25, 0.3) is 0 Å². The first-order chi connectivity index (χ1) is 11.2. The molecule has 0 radical (unpaired) electrons. The summed E-state index contributed by atoms with van der Waals surface area (Å²) in [6.45, 7) is 0. The molecule has 0 atom stereocenters. The highest BCUT2D eigenvalue weighted by Gasteiger charge is 2.05. The lowest BCUT2D eigenvalue weighted by Gasteiger charge is -2.02. The summed E-state index contributed by atoms with van der Waals surface area (Å²) in [6, 6.07) is 17.5. The summed E-state index contributed by atoms with van der Waals surface area (Å²) in [6.07, 6.45) is 0. The lowest BCUT2D eigenvalue weighted by molar-refractivity contribution is 0.619. The molecule has 1 N–H and O–H groups in total. The van der Waals surface area contributed by atoms with Crippen molar-refractivity contribution in [2.75, 3.05) is 4.72 Å². The first kappa shape index (κ1) is 16.0. The largest absolute Gasteiger partial charge is 0.286 e. The summed E-state index contributed by atoms with van der Waals surface area (Å²) < 4.78 is 23.6. The molecule has 0 saturated carbocycles. The third-order valence-electron chi connectivity index (χ3n) is 3.06. The van der Waals surface area contributed by atoms with E-state index in [4.69, 9.17) is 0 Å². The van der Waals surface area contributed by atoms with Gasteiger partial charge in [-0.1, -0.05) is 42.5 Å². The molecule has 23 heavy (non-hydrogen) atoms. The predicted molar refractivity (Wildman–Crippen MR) is 97.5 cm³/mol. The Balaban J connectivity index is 1.61. The molecule has 0 saturated heterocycles. The molecule has 1 heterocycles. The van der Waals surface area contributed by atoms with Crippen LogP contribution >= 0.6 is 23.1 Å². The van der Waals surface area contributed by atoms with E-state index in [0.29, 0.717) is 5.69 Å². The van der Waals surface area contributed by atoms with Crippen molar-refractivity contribution in [1.29, 1.82) is 0 Å². The van der Waals surface area contributed by atoms with E-state index in [1.807, 2.05) is 30.3 Å². The Morgan fingerprint density at radius 1 is 1.04 bits per heavy atom. The van der Waals surface area contributed by atoms with Gasteiger partial charge in [0, 0.05) is 22.4 Å². The second kappa shape index (κ2) is 7.63. The summed E-state index contributed by atoms with van der Waals surface area (Å²) in [5.74, 6) is 0.793. The fourth-order valence-electron chi connectivity index (χ4n) is 1.98. The van der Waals surface area contributed by atoms with Gasteiger partial charge < -0.3 is 0 Å². The van der Waals surface area contributed by atoms with Gasteiger partial charge in [-0.05, 0) is 17.7 Å². The van der Waals surface area contributed by atoms with Crippen molar-refractivity contribution in [2.45, 2.75) is 10.8 Å². The number of benzene rings is 2. The molecule has 0 aliphatic heterocycles. The molecule has 3 aromatic rings. The van der Waals surface area contributed by atoms with Crippen LogP contribution in [0.2, 0.25) is 0 Å². The van der Waals surface area contributed by atoms with Crippen LogP contribution < -0.4 is 4.72 Å². The predicted octanol–water partition coefficient (Wildman–Crippen LogP) is 4.04. The van der Waals surface area contributed by atoms with Crippen LogP contribution in [0.5, 0.6) is 0 Å². The number of nitrogens with one attached hydrogen (secondary N) is 1. The molecular weight excluding hydrogens is 348 g/mol. The number of thiol groups is 1. The zero-order chi connectivity index (χ0) is 16.1. The van der Waals surface area contributed by atoms with E-state index < -0.39 is 10.9 Å². The summed E-state index contributed by atoms with van der Waals surface area (Å²) in [5, 5.41) is 4.08. The molecule has 4 nitrogen and oxygen atoms in total. The third kappa shape index (κ3) is 4.57. The average Bonchev–Trinajstić information content (AvgIpc) is 3.04. The molecule has 0 spiro atoms. The monoisotopic (exact) mass is 362 g/mol. The lowest BCUT2D eigenvalue weighted by atomic mass is 10.2. The van der Waals surface area contributed by atoms with Crippen LogP contribution in [0.15, 0.2) is 65.0 Å². The van der Waals surface area contributed by atoms with Crippen LogP contribution in [-0.2, 0) is 16.6 Å². The van der Waals surface area contributed by atoms with Gasteiger partial charge in [0.15, 0.2) is 0 Å². The van der Waals surface area contributed by atoms with Crippen molar-refractivity contribution in [3.63, 3.8) is 0 Å². The summed E-state index contributed by atoms with van der Waals surface area (Å²) >= 11 is 3.31. The van der Waals surface area contributed by atoms with Crippen LogP contribution in [0, 0.1) is 0 Å². The molecule has 0 amide bonds.